The number of hydrogen-bond acceptors (Lipinski definition) is 1. The molecule has 225 valence electrons. The van der Waals surface area contributed by atoms with Crippen LogP contribution in [0.2, 0.25) is 0 Å². The summed E-state index contributed by atoms with van der Waals surface area (Å²) in [5.41, 5.74) is 17.4. The Kier molecular flexibility index (Phi) is 3.79. The van der Waals surface area contributed by atoms with Crippen LogP contribution in [-0.2, 0) is 11.8 Å². The Morgan fingerprint density at radius 3 is 2.06 bits per heavy atom. The van der Waals surface area contributed by atoms with Gasteiger partial charge in [0.2, 0.25) is 0 Å². The second-order valence-corrected chi connectivity index (χ2v) is 27.9. The Hall–Kier alpha value is -3.48. The van der Waals surface area contributed by atoms with Crippen molar-refractivity contribution in [1.82, 2.24) is 9.42 Å². The first-order valence-corrected chi connectivity index (χ1v) is 24.0. The molecule has 1 aromatic heterocycles. The van der Waals surface area contributed by atoms with Gasteiger partial charge < -0.3 is 0 Å². The van der Waals surface area contributed by atoms with Gasteiger partial charge >= 0.3 is 303 Å². The summed E-state index contributed by atoms with van der Waals surface area (Å²) in [4.78, 5) is 4.84. The number of rotatable bonds is 5. The van der Waals surface area contributed by atoms with Crippen LogP contribution in [0.3, 0.4) is 0 Å². The molecule has 10 aliphatic heterocycles. The molecule has 0 atom stereocenters. The van der Waals surface area contributed by atoms with Crippen molar-refractivity contribution in [2.24, 2.45) is 0 Å². The van der Waals surface area contributed by atoms with E-state index in [0.29, 0.717) is 0 Å². The molecule has 11 heterocycles. The van der Waals surface area contributed by atoms with Crippen molar-refractivity contribution in [3.8, 4) is 5.69 Å². The van der Waals surface area contributed by atoms with Gasteiger partial charge in [-0.25, -0.2) is 0 Å². The fourth-order valence-electron chi connectivity index (χ4n) is 13.8. The summed E-state index contributed by atoms with van der Waals surface area (Å²) in [5, 5.41) is 4.73. The van der Waals surface area contributed by atoms with Crippen LogP contribution in [0, 0.1) is 0 Å². The number of nitrogens with zero attached hydrogens (tertiary/aromatic N) is 1. The zero-order valence-electron chi connectivity index (χ0n) is 27.9. The summed E-state index contributed by atoms with van der Waals surface area (Å²) in [6.45, 7) is 5.82. The van der Waals surface area contributed by atoms with E-state index in [9.17, 15) is 0 Å². The van der Waals surface area contributed by atoms with E-state index in [1.54, 1.807) is 22.1 Å². The van der Waals surface area contributed by atoms with E-state index in [0.717, 1.165) is 37.5 Å². The summed E-state index contributed by atoms with van der Waals surface area (Å²) < 4.78 is 2.70. The molecule has 7 fully saturated rings. The first kappa shape index (κ1) is 26.3. The molecule has 1 spiro atoms. The van der Waals surface area contributed by atoms with Crippen molar-refractivity contribution in [3.63, 3.8) is 0 Å². The molecule has 7 saturated heterocycles. The van der Waals surface area contributed by atoms with Gasteiger partial charge in [-0.2, -0.15) is 0 Å². The van der Waals surface area contributed by atoms with Crippen LogP contribution in [0.1, 0.15) is 33.4 Å². The molecule has 7 aromatic rings. The van der Waals surface area contributed by atoms with Crippen molar-refractivity contribution >= 4 is 115 Å². The molecule has 10 aliphatic rings. The Morgan fingerprint density at radius 1 is 0.706 bits per heavy atom. The molecule has 1 N–H and O–H groups in total. The third-order valence-corrected chi connectivity index (χ3v) is 30.7. The first-order valence-electron chi connectivity index (χ1n) is 19.0. The summed E-state index contributed by atoms with van der Waals surface area (Å²) in [7, 11) is 2.76. The number of para-hydroxylation sites is 1. The van der Waals surface area contributed by atoms with Crippen molar-refractivity contribution in [2.75, 3.05) is 0 Å². The number of hydrogen-bond donors (Lipinski definition) is 1. The van der Waals surface area contributed by atoms with Gasteiger partial charge in [-0.05, 0) is 0 Å². The van der Waals surface area contributed by atoms with Crippen LogP contribution in [0.15, 0.2) is 127 Å². The quantitative estimate of drug-likeness (QED) is 0.220. The normalized spacial score (nSPS) is 24.9. The molecule has 0 unspecified atom stereocenters. The van der Waals surface area contributed by atoms with Gasteiger partial charge in [-0.15, -0.1) is 0 Å². The fraction of sp³-hybridized carbons (Fsp3) is 0.0526. The van der Waals surface area contributed by atoms with E-state index in [1.165, 1.54) is 55.2 Å². The summed E-state index contributed by atoms with van der Waals surface area (Å²) in [6.07, 6.45) is 1.65. The standard InChI is InChI=1S/C38H24B9N2P2/c1-3-12-24(13-4-1)38(25-14-5-2-6-15-25)29-17-9-11-23-21-28-33(50(43-39-44(50)47(43)50)48-51-40-45(51)46(51)41-51)22-27-26-16-7-8-19-31(26)49-32-20-10-18-30(38)36(32)42(34(23)29)35(28)37(27)49/h1-20,22,48H,21H2/q-2. The van der Waals surface area contributed by atoms with Crippen LogP contribution < -0.4 is 26.6 Å². The molecular weight excluding hydrogens is 644 g/mol. The fourth-order valence-corrected chi connectivity index (χ4v) is 33.4. The van der Waals surface area contributed by atoms with Gasteiger partial charge in [-0.1, -0.05) is 0 Å². The molecule has 2 bridgehead atoms. The molecule has 5 radical (unpaired) electrons. The minimum atomic E-state index is -2.19. The Balaban J connectivity index is 1.10. The number of aromatic nitrogens is 1. The van der Waals surface area contributed by atoms with E-state index in [1.807, 2.05) is 5.30 Å². The molecule has 6 aromatic carbocycles. The van der Waals surface area contributed by atoms with Crippen LogP contribution in [-0.4, -0.2) is 63.2 Å². The monoisotopic (exact) mass is 669 g/mol. The Morgan fingerprint density at radius 2 is 1.39 bits per heavy atom. The van der Waals surface area contributed by atoms with Crippen LogP contribution >= 0.6 is 12.7 Å². The minimum absolute atomic E-state index is 0.234. The van der Waals surface area contributed by atoms with E-state index >= 15 is 0 Å². The van der Waals surface area contributed by atoms with Crippen molar-refractivity contribution < 1.29 is 0 Å². The molecule has 13 heteroatoms. The molecular formula is C38H24B9N2P2-2. The maximum absolute atomic E-state index is 4.84. The zero-order valence-corrected chi connectivity index (χ0v) is 29.7. The molecule has 51 heavy (non-hydrogen) atoms. The molecule has 0 aliphatic carbocycles. The molecule has 17 rings (SSSR count). The van der Waals surface area contributed by atoms with E-state index in [2.05, 4.69) is 153 Å². The predicted octanol–water partition coefficient (Wildman–Crippen LogP) is 3.57. The molecule has 0 amide bonds. The maximum atomic E-state index is 4.84. The van der Waals surface area contributed by atoms with Gasteiger partial charge in [0.25, 0.3) is 0 Å². The molecule has 0 saturated carbocycles. The number of fused-ring (bicyclic) bond motifs is 5. The van der Waals surface area contributed by atoms with Gasteiger partial charge in [-0.3, -0.25) is 0 Å². The summed E-state index contributed by atoms with van der Waals surface area (Å²) in [6, 6.07) is 49.6. The van der Waals surface area contributed by atoms with Crippen molar-refractivity contribution in [2.45, 2.75) is 11.8 Å². The third kappa shape index (κ3) is 2.27. The van der Waals surface area contributed by atoms with E-state index < -0.39 is 18.1 Å². The van der Waals surface area contributed by atoms with Crippen LogP contribution in [0.5, 0.6) is 0 Å². The second-order valence-electron chi connectivity index (χ2n) is 17.5. The van der Waals surface area contributed by atoms with Gasteiger partial charge in [0.15, 0.2) is 0 Å². The number of benzene rings is 6. The average molecular weight is 668 g/mol. The summed E-state index contributed by atoms with van der Waals surface area (Å²) >= 11 is 0. The first-order chi connectivity index (χ1) is 25.2. The van der Waals surface area contributed by atoms with Crippen LogP contribution in [0.25, 0.3) is 27.5 Å². The van der Waals surface area contributed by atoms with Crippen molar-refractivity contribution in [1.29, 1.82) is 0 Å². The Labute approximate surface area is 301 Å². The van der Waals surface area contributed by atoms with E-state index in [-0.39, 0.29) is 6.71 Å². The Bertz CT molecular complexity index is 2900. The van der Waals surface area contributed by atoms with Gasteiger partial charge in [0.1, 0.15) is 0 Å². The average Bonchev–Trinajstić information content (AvgIpc) is 4.13. The third-order valence-electron chi connectivity index (χ3n) is 16.3. The van der Waals surface area contributed by atoms with Crippen molar-refractivity contribution in [3.05, 3.63) is 161 Å². The second kappa shape index (κ2) is 7.35. The van der Waals surface area contributed by atoms with Gasteiger partial charge in [0, 0.05) is 0 Å². The predicted molar refractivity (Wildman–Crippen MR) is 229 cm³/mol. The van der Waals surface area contributed by atoms with Gasteiger partial charge in [0.05, 0.1) is 0 Å². The van der Waals surface area contributed by atoms with E-state index in [4.69, 9.17) is 4.86 Å². The topological polar surface area (TPSA) is 17.0 Å². The summed E-state index contributed by atoms with van der Waals surface area (Å²) in [5.74, 6) is 0. The SMILES string of the molecule is [B]1B2B3[B-]P123NP12(c3cc4c5ccccc5n5c4c4c3Cc3cccc6c3B4c3c-5cccc3C6(c3ccccc3)c3ccccc3)B3[B-]B1B32. The van der Waals surface area contributed by atoms with Crippen LogP contribution in [0.4, 0.5) is 0 Å². The zero-order chi connectivity index (χ0) is 32.5. The number of nitrogens with one attached hydrogen (secondary N) is 1. The molecule has 2 nitrogen and oxygen atoms in total.